The lowest BCUT2D eigenvalue weighted by Crippen LogP contribution is -2.36. The first-order valence-electron chi connectivity index (χ1n) is 10.1. The topological polar surface area (TPSA) is 78.6 Å². The van der Waals surface area contributed by atoms with Crippen molar-refractivity contribution < 1.29 is 9.90 Å². The maximum Gasteiger partial charge on any atom is 0.304 e. The third kappa shape index (κ3) is 17.7. The number of carboxylic acids is 1. The molecule has 0 aromatic rings. The normalized spacial score (nSPS) is 11.3. The Morgan fingerprint density at radius 2 is 1.46 bits per heavy atom. The summed E-state index contributed by atoms with van der Waals surface area (Å²) in [5, 5.41) is 12.1. The molecule has 0 bridgehead atoms. The minimum absolute atomic E-state index is 0.231. The average molecular weight is 344 g/mol. The molecule has 0 amide bonds. The van der Waals surface area contributed by atoms with Crippen LogP contribution in [0.3, 0.4) is 0 Å². The molecule has 5 heteroatoms. The zero-order valence-electron chi connectivity index (χ0n) is 15.9. The molecule has 0 aromatic carbocycles. The van der Waals surface area contributed by atoms with Crippen LogP contribution in [0.1, 0.15) is 77.6 Å². The van der Waals surface area contributed by atoms with Crippen molar-refractivity contribution in [3.05, 3.63) is 0 Å². The fourth-order valence-electron chi connectivity index (χ4n) is 2.88. The molecule has 24 heavy (non-hydrogen) atoms. The van der Waals surface area contributed by atoms with E-state index >= 15 is 0 Å². The highest BCUT2D eigenvalue weighted by Crippen LogP contribution is 2.10. The van der Waals surface area contributed by atoms with Crippen molar-refractivity contribution in [2.75, 3.05) is 39.3 Å². The number of unbranched alkanes of at least 4 members (excludes halogenated alkanes) is 9. The molecule has 4 N–H and O–H groups in total. The molecule has 0 saturated carbocycles. The number of hydrogen-bond donors (Lipinski definition) is 3. The van der Waals surface area contributed by atoms with Crippen LogP contribution in [0.25, 0.3) is 0 Å². The van der Waals surface area contributed by atoms with E-state index in [0.29, 0.717) is 13.1 Å². The molecule has 0 aliphatic heterocycles. The van der Waals surface area contributed by atoms with E-state index in [1.165, 1.54) is 64.2 Å². The summed E-state index contributed by atoms with van der Waals surface area (Å²) in [5.41, 5.74) is 5.46. The molecular weight excluding hydrogens is 302 g/mol. The molecule has 5 nitrogen and oxygen atoms in total. The first-order valence-corrected chi connectivity index (χ1v) is 10.1. The van der Waals surface area contributed by atoms with Crippen LogP contribution in [0.15, 0.2) is 0 Å². The Kier molecular flexibility index (Phi) is 18.2. The Bertz CT molecular complexity index is 275. The highest BCUT2D eigenvalue weighted by molar-refractivity contribution is 5.66. The first-order chi connectivity index (χ1) is 11.7. The zero-order valence-corrected chi connectivity index (χ0v) is 15.9. The lowest BCUT2D eigenvalue weighted by Gasteiger charge is -2.21. The van der Waals surface area contributed by atoms with Gasteiger partial charge in [-0.15, -0.1) is 0 Å². The number of hydrogen-bond acceptors (Lipinski definition) is 4. The summed E-state index contributed by atoms with van der Waals surface area (Å²) in [6, 6.07) is 0. The molecular formula is C19H41N3O2. The molecule has 144 valence electrons. The van der Waals surface area contributed by atoms with E-state index in [-0.39, 0.29) is 6.42 Å². The maximum atomic E-state index is 10.8. The first kappa shape index (κ1) is 23.4. The van der Waals surface area contributed by atoms with E-state index in [2.05, 4.69) is 17.1 Å². The molecule has 0 atom stereocenters. The number of nitrogens with two attached hydrogens (primary N) is 1. The number of carboxylic acid groups (broad SMARTS) is 1. The van der Waals surface area contributed by atoms with Crippen LogP contribution in [-0.2, 0) is 4.79 Å². The SMILES string of the molecule is CCCCCCCCCCCCN(CCNCCN)CCC(=O)O. The van der Waals surface area contributed by atoms with Crippen molar-refractivity contribution in [1.29, 1.82) is 0 Å². The van der Waals surface area contributed by atoms with Gasteiger partial charge in [0, 0.05) is 32.7 Å². The maximum absolute atomic E-state index is 10.8. The van der Waals surface area contributed by atoms with E-state index in [9.17, 15) is 4.79 Å². The quantitative estimate of drug-likeness (QED) is 0.314. The van der Waals surface area contributed by atoms with Crippen LogP contribution < -0.4 is 11.1 Å². The van der Waals surface area contributed by atoms with Crippen LogP contribution in [-0.4, -0.2) is 55.2 Å². The number of nitrogens with zero attached hydrogens (tertiary/aromatic N) is 1. The van der Waals surface area contributed by atoms with Crippen molar-refractivity contribution in [1.82, 2.24) is 10.2 Å². The van der Waals surface area contributed by atoms with Gasteiger partial charge >= 0.3 is 5.97 Å². The highest BCUT2D eigenvalue weighted by atomic mass is 16.4. The second kappa shape index (κ2) is 18.7. The monoisotopic (exact) mass is 343 g/mol. The van der Waals surface area contributed by atoms with Gasteiger partial charge in [-0.25, -0.2) is 0 Å². The zero-order chi connectivity index (χ0) is 17.9. The lowest BCUT2D eigenvalue weighted by molar-refractivity contribution is -0.137. The van der Waals surface area contributed by atoms with Crippen LogP contribution >= 0.6 is 0 Å². The number of nitrogens with one attached hydrogen (secondary N) is 1. The van der Waals surface area contributed by atoms with E-state index in [1.54, 1.807) is 0 Å². The van der Waals surface area contributed by atoms with E-state index in [1.807, 2.05) is 0 Å². The second-order valence-corrected chi connectivity index (χ2v) is 6.71. The third-order valence-corrected chi connectivity index (χ3v) is 4.40. The lowest BCUT2D eigenvalue weighted by atomic mass is 10.1. The summed E-state index contributed by atoms with van der Waals surface area (Å²) in [6.45, 7) is 7.18. The largest absolute Gasteiger partial charge is 0.481 e. The molecule has 0 aliphatic carbocycles. The van der Waals surface area contributed by atoms with Gasteiger partial charge in [0.25, 0.3) is 0 Å². The summed E-state index contributed by atoms with van der Waals surface area (Å²) < 4.78 is 0. The van der Waals surface area contributed by atoms with Crippen molar-refractivity contribution >= 4 is 5.97 Å². The van der Waals surface area contributed by atoms with E-state index in [4.69, 9.17) is 10.8 Å². The Morgan fingerprint density at radius 3 is 2.00 bits per heavy atom. The Balaban J connectivity index is 3.59. The minimum atomic E-state index is -0.710. The second-order valence-electron chi connectivity index (χ2n) is 6.71. The van der Waals surface area contributed by atoms with Gasteiger partial charge in [-0.2, -0.15) is 0 Å². The summed E-state index contributed by atoms with van der Waals surface area (Å²) in [6.07, 6.45) is 13.6. The summed E-state index contributed by atoms with van der Waals surface area (Å²) >= 11 is 0. The van der Waals surface area contributed by atoms with Crippen LogP contribution in [0.4, 0.5) is 0 Å². The summed E-state index contributed by atoms with van der Waals surface area (Å²) in [5.74, 6) is -0.710. The van der Waals surface area contributed by atoms with Gasteiger partial charge in [0.2, 0.25) is 0 Å². The van der Waals surface area contributed by atoms with E-state index in [0.717, 1.165) is 26.2 Å². The number of carbonyl (C=O) groups is 1. The Labute approximate surface area is 149 Å². The van der Waals surface area contributed by atoms with Crippen molar-refractivity contribution in [2.24, 2.45) is 5.73 Å². The molecule has 0 heterocycles. The minimum Gasteiger partial charge on any atom is -0.481 e. The summed E-state index contributed by atoms with van der Waals surface area (Å²) in [4.78, 5) is 13.0. The smallest absolute Gasteiger partial charge is 0.304 e. The number of aliphatic carboxylic acids is 1. The van der Waals surface area contributed by atoms with Crippen LogP contribution in [0, 0.1) is 0 Å². The number of rotatable bonds is 19. The molecule has 0 rings (SSSR count). The van der Waals surface area contributed by atoms with Gasteiger partial charge in [0.1, 0.15) is 0 Å². The predicted octanol–water partition coefficient (Wildman–Crippen LogP) is 3.23. The Hall–Kier alpha value is -0.650. The van der Waals surface area contributed by atoms with Gasteiger partial charge in [0.15, 0.2) is 0 Å². The predicted molar refractivity (Wildman–Crippen MR) is 102 cm³/mol. The van der Waals surface area contributed by atoms with Gasteiger partial charge < -0.3 is 21.1 Å². The molecule has 0 aromatic heterocycles. The van der Waals surface area contributed by atoms with Crippen molar-refractivity contribution in [3.63, 3.8) is 0 Å². The molecule has 0 unspecified atom stereocenters. The van der Waals surface area contributed by atoms with Gasteiger partial charge in [-0.05, 0) is 13.0 Å². The standard InChI is InChI=1S/C19H41N3O2/c1-2-3-4-5-6-7-8-9-10-11-16-22(17-12-19(23)24)18-15-21-14-13-20/h21H,2-18,20H2,1H3,(H,23,24). The molecule has 0 aliphatic rings. The van der Waals surface area contributed by atoms with Crippen LogP contribution in [0.5, 0.6) is 0 Å². The fourth-order valence-corrected chi connectivity index (χ4v) is 2.88. The van der Waals surface area contributed by atoms with Gasteiger partial charge in [-0.3, -0.25) is 4.79 Å². The third-order valence-electron chi connectivity index (χ3n) is 4.40. The Morgan fingerprint density at radius 1 is 0.875 bits per heavy atom. The van der Waals surface area contributed by atoms with Crippen molar-refractivity contribution in [2.45, 2.75) is 77.6 Å². The van der Waals surface area contributed by atoms with E-state index < -0.39 is 5.97 Å². The highest BCUT2D eigenvalue weighted by Gasteiger charge is 2.07. The average Bonchev–Trinajstić information content (AvgIpc) is 2.57. The molecule has 0 fully saturated rings. The van der Waals surface area contributed by atoms with Crippen molar-refractivity contribution in [3.8, 4) is 0 Å². The van der Waals surface area contributed by atoms with Gasteiger partial charge in [-0.1, -0.05) is 64.7 Å². The summed E-state index contributed by atoms with van der Waals surface area (Å²) in [7, 11) is 0. The van der Waals surface area contributed by atoms with Gasteiger partial charge in [0.05, 0.1) is 6.42 Å². The molecule has 0 saturated heterocycles. The fraction of sp³-hybridized carbons (Fsp3) is 0.947. The molecule has 0 spiro atoms. The van der Waals surface area contributed by atoms with Crippen LogP contribution in [0.2, 0.25) is 0 Å². The molecule has 0 radical (unpaired) electrons.